The summed E-state index contributed by atoms with van der Waals surface area (Å²) in [4.78, 5) is 36.5. The summed E-state index contributed by atoms with van der Waals surface area (Å²) in [5.41, 5.74) is 0.251. The molecule has 0 saturated heterocycles. The summed E-state index contributed by atoms with van der Waals surface area (Å²) in [6.45, 7) is 1.02. The number of ether oxygens (including phenoxy) is 3. The van der Waals surface area contributed by atoms with E-state index in [2.05, 4.69) is 5.32 Å². The molecule has 1 amide bonds. The lowest BCUT2D eigenvalue weighted by molar-refractivity contribution is 0.0599. The normalized spacial score (nSPS) is 10.3. The molecule has 1 heterocycles. The second kappa shape index (κ2) is 9.54. The molecule has 144 valence electrons. The minimum Gasteiger partial charge on any atom is -0.491 e. The molecule has 0 radical (unpaired) electrons. The maximum absolute atomic E-state index is 12.6. The van der Waals surface area contributed by atoms with Crippen molar-refractivity contribution in [2.24, 2.45) is 0 Å². The molecule has 0 aliphatic heterocycles. The summed E-state index contributed by atoms with van der Waals surface area (Å²) in [5.74, 6) is -0.574. The van der Waals surface area contributed by atoms with E-state index in [-0.39, 0.29) is 17.7 Å². The first-order valence-electron chi connectivity index (χ1n) is 8.25. The summed E-state index contributed by atoms with van der Waals surface area (Å²) in [7, 11) is 4.24. The van der Waals surface area contributed by atoms with Gasteiger partial charge in [0.05, 0.1) is 25.8 Å². The third-order valence-electron chi connectivity index (χ3n) is 3.79. The van der Waals surface area contributed by atoms with Gasteiger partial charge in [-0.2, -0.15) is 0 Å². The highest BCUT2D eigenvalue weighted by atomic mass is 16.5. The van der Waals surface area contributed by atoms with Gasteiger partial charge < -0.3 is 24.1 Å². The SMILES string of the molecule is CNC(=O)c1cc(C(=O)OC)cn(Cc2cccc(OCCOC)c2)c1=O. The summed E-state index contributed by atoms with van der Waals surface area (Å²) in [6, 6.07) is 8.43. The highest BCUT2D eigenvalue weighted by Crippen LogP contribution is 2.14. The van der Waals surface area contributed by atoms with Crippen LogP contribution in [0.25, 0.3) is 0 Å². The molecular formula is C19H22N2O6. The minimum atomic E-state index is -0.634. The van der Waals surface area contributed by atoms with Crippen molar-refractivity contribution >= 4 is 11.9 Å². The van der Waals surface area contributed by atoms with Gasteiger partial charge in [-0.25, -0.2) is 4.79 Å². The van der Waals surface area contributed by atoms with E-state index < -0.39 is 17.4 Å². The molecule has 0 aliphatic carbocycles. The smallest absolute Gasteiger partial charge is 0.339 e. The van der Waals surface area contributed by atoms with E-state index in [9.17, 15) is 14.4 Å². The number of carbonyl (C=O) groups is 2. The molecular weight excluding hydrogens is 352 g/mol. The first-order chi connectivity index (χ1) is 13.0. The Balaban J connectivity index is 2.37. The van der Waals surface area contributed by atoms with Gasteiger partial charge in [0.25, 0.3) is 11.5 Å². The van der Waals surface area contributed by atoms with Crippen LogP contribution in [0.2, 0.25) is 0 Å². The monoisotopic (exact) mass is 374 g/mol. The molecule has 0 unspecified atom stereocenters. The zero-order chi connectivity index (χ0) is 19.8. The van der Waals surface area contributed by atoms with Crippen LogP contribution >= 0.6 is 0 Å². The zero-order valence-corrected chi connectivity index (χ0v) is 15.5. The number of hydrogen-bond acceptors (Lipinski definition) is 6. The van der Waals surface area contributed by atoms with Crippen LogP contribution in [0.4, 0.5) is 0 Å². The van der Waals surface area contributed by atoms with Gasteiger partial charge in [0.2, 0.25) is 0 Å². The fourth-order valence-corrected chi connectivity index (χ4v) is 2.45. The van der Waals surface area contributed by atoms with Crippen LogP contribution in [0.3, 0.4) is 0 Å². The molecule has 2 aromatic rings. The van der Waals surface area contributed by atoms with Crippen LogP contribution in [0.5, 0.6) is 5.75 Å². The van der Waals surface area contributed by atoms with Gasteiger partial charge in [-0.15, -0.1) is 0 Å². The predicted octanol–water partition coefficient (Wildman–Crippen LogP) is 1.07. The number of pyridine rings is 1. The van der Waals surface area contributed by atoms with E-state index >= 15 is 0 Å². The Morgan fingerprint density at radius 2 is 1.93 bits per heavy atom. The number of nitrogens with one attached hydrogen (secondary N) is 1. The Morgan fingerprint density at radius 1 is 1.15 bits per heavy atom. The lowest BCUT2D eigenvalue weighted by atomic mass is 10.1. The fourth-order valence-electron chi connectivity index (χ4n) is 2.45. The van der Waals surface area contributed by atoms with Crippen molar-refractivity contribution in [1.82, 2.24) is 9.88 Å². The largest absolute Gasteiger partial charge is 0.491 e. The van der Waals surface area contributed by atoms with E-state index in [0.29, 0.717) is 19.0 Å². The molecule has 1 N–H and O–H groups in total. The Labute approximate surface area is 156 Å². The predicted molar refractivity (Wildman–Crippen MR) is 98.3 cm³/mol. The summed E-state index contributed by atoms with van der Waals surface area (Å²) >= 11 is 0. The number of aromatic nitrogens is 1. The molecule has 2 rings (SSSR count). The zero-order valence-electron chi connectivity index (χ0n) is 15.5. The number of amides is 1. The number of methoxy groups -OCH3 is 2. The number of benzene rings is 1. The third-order valence-corrected chi connectivity index (χ3v) is 3.79. The van der Waals surface area contributed by atoms with E-state index in [4.69, 9.17) is 14.2 Å². The fraction of sp³-hybridized carbons (Fsp3) is 0.316. The van der Waals surface area contributed by atoms with Crippen molar-refractivity contribution in [1.29, 1.82) is 0 Å². The number of carbonyl (C=O) groups excluding carboxylic acids is 2. The molecule has 27 heavy (non-hydrogen) atoms. The van der Waals surface area contributed by atoms with E-state index in [1.165, 1.54) is 31.0 Å². The van der Waals surface area contributed by atoms with Gasteiger partial charge >= 0.3 is 5.97 Å². The quantitative estimate of drug-likeness (QED) is 0.548. The van der Waals surface area contributed by atoms with Gasteiger partial charge in [0.1, 0.15) is 17.9 Å². The number of esters is 1. The average Bonchev–Trinajstić information content (AvgIpc) is 2.68. The van der Waals surface area contributed by atoms with E-state index in [0.717, 1.165) is 5.56 Å². The van der Waals surface area contributed by atoms with Crippen molar-refractivity contribution in [3.63, 3.8) is 0 Å². The first kappa shape index (κ1) is 20.2. The molecule has 0 fully saturated rings. The van der Waals surface area contributed by atoms with Gasteiger partial charge in [0.15, 0.2) is 0 Å². The molecule has 1 aromatic heterocycles. The Bertz CT molecular complexity index is 875. The lowest BCUT2D eigenvalue weighted by Gasteiger charge is -2.12. The molecule has 8 heteroatoms. The van der Waals surface area contributed by atoms with Crippen molar-refractivity contribution in [2.45, 2.75) is 6.54 Å². The van der Waals surface area contributed by atoms with Crippen molar-refractivity contribution in [2.75, 3.05) is 34.5 Å². The Morgan fingerprint density at radius 3 is 2.59 bits per heavy atom. The highest BCUT2D eigenvalue weighted by Gasteiger charge is 2.17. The number of rotatable bonds is 8. The summed E-state index contributed by atoms with van der Waals surface area (Å²) < 4.78 is 16.5. The minimum absolute atomic E-state index is 0.114. The Kier molecular flexibility index (Phi) is 7.13. The molecule has 0 aliphatic rings. The average molecular weight is 374 g/mol. The van der Waals surface area contributed by atoms with Crippen LogP contribution in [0.15, 0.2) is 41.3 Å². The van der Waals surface area contributed by atoms with E-state index in [1.54, 1.807) is 25.3 Å². The van der Waals surface area contributed by atoms with Crippen LogP contribution in [0, 0.1) is 0 Å². The molecule has 0 saturated carbocycles. The number of hydrogen-bond donors (Lipinski definition) is 1. The molecule has 0 atom stereocenters. The van der Waals surface area contributed by atoms with Crippen molar-refractivity contribution < 1.29 is 23.8 Å². The summed E-state index contributed by atoms with van der Waals surface area (Å²) in [6.07, 6.45) is 1.37. The molecule has 1 aromatic carbocycles. The van der Waals surface area contributed by atoms with Gasteiger partial charge in [-0.1, -0.05) is 12.1 Å². The third kappa shape index (κ3) is 5.18. The van der Waals surface area contributed by atoms with Crippen molar-refractivity contribution in [3.8, 4) is 5.75 Å². The maximum atomic E-state index is 12.6. The highest BCUT2D eigenvalue weighted by molar-refractivity contribution is 5.97. The van der Waals surface area contributed by atoms with Crippen LogP contribution < -0.4 is 15.6 Å². The standard InChI is InChI=1S/C19H22N2O6/c1-20-17(22)16-10-14(19(24)26-3)12-21(18(16)23)11-13-5-4-6-15(9-13)27-8-7-25-2/h4-6,9-10,12H,7-8,11H2,1-3H3,(H,20,22). The first-order valence-corrected chi connectivity index (χ1v) is 8.25. The van der Waals surface area contributed by atoms with Crippen LogP contribution in [-0.2, 0) is 16.0 Å². The topological polar surface area (TPSA) is 95.9 Å². The van der Waals surface area contributed by atoms with Gasteiger partial charge in [-0.3, -0.25) is 9.59 Å². The van der Waals surface area contributed by atoms with E-state index in [1.807, 2.05) is 6.07 Å². The van der Waals surface area contributed by atoms with Crippen LogP contribution in [-0.4, -0.2) is 50.9 Å². The van der Waals surface area contributed by atoms with Gasteiger partial charge in [-0.05, 0) is 23.8 Å². The molecule has 8 nitrogen and oxygen atoms in total. The Hall–Kier alpha value is -3.13. The lowest BCUT2D eigenvalue weighted by Crippen LogP contribution is -2.32. The molecule has 0 spiro atoms. The van der Waals surface area contributed by atoms with Crippen molar-refractivity contribution in [3.05, 3.63) is 63.6 Å². The maximum Gasteiger partial charge on any atom is 0.339 e. The van der Waals surface area contributed by atoms with Crippen LogP contribution in [0.1, 0.15) is 26.3 Å². The van der Waals surface area contributed by atoms with Gasteiger partial charge in [0, 0.05) is 20.4 Å². The number of nitrogens with zero attached hydrogens (tertiary/aromatic N) is 1. The second-order valence-corrected chi connectivity index (χ2v) is 5.63. The second-order valence-electron chi connectivity index (χ2n) is 5.63. The molecule has 0 bridgehead atoms. The summed E-state index contributed by atoms with van der Waals surface area (Å²) in [5, 5.41) is 2.40.